The molecule has 1 aliphatic heterocycles. The molecule has 0 bridgehead atoms. The van der Waals surface area contributed by atoms with E-state index < -0.39 is 0 Å². The zero-order chi connectivity index (χ0) is 24.8. The van der Waals surface area contributed by atoms with Crippen LogP contribution >= 0.6 is 0 Å². The van der Waals surface area contributed by atoms with Gasteiger partial charge in [-0.05, 0) is 66.3 Å². The highest BCUT2D eigenvalue weighted by atomic mass is 16.7. The summed E-state index contributed by atoms with van der Waals surface area (Å²) in [5, 5.41) is 18.7. The Labute approximate surface area is 187 Å². The predicted molar refractivity (Wildman–Crippen MR) is 129 cm³/mol. The summed E-state index contributed by atoms with van der Waals surface area (Å²) >= 11 is 0. The Hall–Kier alpha value is -3.11. The normalized spacial score (nSPS) is 10.4. The minimum atomic E-state index is -0.116. The van der Waals surface area contributed by atoms with Crippen LogP contribution in [0.1, 0.15) is 26.3 Å². The molecule has 2 rings (SSSR count). The van der Waals surface area contributed by atoms with E-state index in [9.17, 15) is 0 Å². The van der Waals surface area contributed by atoms with E-state index in [0.29, 0.717) is 6.79 Å². The lowest BCUT2D eigenvalue weighted by atomic mass is 10.2. The van der Waals surface area contributed by atoms with Gasteiger partial charge in [-0.3, -0.25) is 10.8 Å². The van der Waals surface area contributed by atoms with Gasteiger partial charge in [-0.15, -0.1) is 0 Å². The van der Waals surface area contributed by atoms with Crippen LogP contribution in [0.15, 0.2) is 30.0 Å². The third-order valence-corrected chi connectivity index (χ3v) is 3.29. The van der Waals surface area contributed by atoms with Gasteiger partial charge in [0.1, 0.15) is 0 Å². The molecule has 0 fully saturated rings. The van der Waals surface area contributed by atoms with E-state index in [1.807, 2.05) is 53.1 Å². The van der Waals surface area contributed by atoms with Crippen molar-refractivity contribution in [2.45, 2.75) is 27.3 Å². The molecule has 0 saturated carbocycles. The van der Waals surface area contributed by atoms with E-state index in [-0.39, 0.29) is 5.96 Å². The molecule has 178 valence electrons. The lowest BCUT2D eigenvalue weighted by Gasteiger charge is -2.09. The van der Waals surface area contributed by atoms with Crippen LogP contribution < -0.4 is 20.9 Å². The highest BCUT2D eigenvalue weighted by molar-refractivity contribution is 5.85. The number of nitrogens with two attached hydrogens (primary N) is 2. The maximum atomic E-state index is 6.65. The second kappa shape index (κ2) is 21.6. The minimum absolute atomic E-state index is 0.116. The highest BCUT2D eigenvalue weighted by Gasteiger charge is 2.12. The molecule has 1 aromatic carbocycles. The molecule has 0 amide bonds. The Morgan fingerprint density at radius 3 is 2.10 bits per heavy atom. The molecule has 0 atom stereocenters. The third kappa shape index (κ3) is 17.5. The molecule has 1 aliphatic rings. The van der Waals surface area contributed by atoms with Crippen LogP contribution in [-0.2, 0) is 11.3 Å². The van der Waals surface area contributed by atoms with Crippen molar-refractivity contribution in [3.05, 3.63) is 35.6 Å². The Balaban J connectivity index is -0.000000377. The smallest absolute Gasteiger partial charge is 0.231 e. The number of hydrogen-bond donors (Lipinski definition) is 5. The summed E-state index contributed by atoms with van der Waals surface area (Å²) < 4.78 is 15.6. The van der Waals surface area contributed by atoms with E-state index in [1.54, 1.807) is 0 Å². The monoisotopic (exact) mass is 439 g/mol. The molecule has 0 aliphatic carbocycles. The highest BCUT2D eigenvalue weighted by Crippen LogP contribution is 2.32. The number of benzene rings is 1. The molecule has 7 N–H and O–H groups in total. The summed E-state index contributed by atoms with van der Waals surface area (Å²) in [6, 6.07) is 6.05. The second-order valence-corrected chi connectivity index (χ2v) is 5.88. The van der Waals surface area contributed by atoms with Gasteiger partial charge in [-0.2, -0.15) is 0 Å². The van der Waals surface area contributed by atoms with Gasteiger partial charge in [0.15, 0.2) is 17.5 Å². The summed E-state index contributed by atoms with van der Waals surface area (Å²) in [4.78, 5) is 3.32. The molecule has 0 spiro atoms. The van der Waals surface area contributed by atoms with Crippen LogP contribution in [0.4, 0.5) is 0 Å². The summed E-state index contributed by atoms with van der Waals surface area (Å²) in [7, 11) is 7.13. The van der Waals surface area contributed by atoms with E-state index in [0.717, 1.165) is 36.7 Å². The second-order valence-electron chi connectivity index (χ2n) is 5.88. The van der Waals surface area contributed by atoms with Gasteiger partial charge in [-0.1, -0.05) is 12.1 Å². The fraction of sp³-hybridized carbons (Fsp3) is 0.476. The number of nitrogens with one attached hydrogen (secondary N) is 3. The van der Waals surface area contributed by atoms with Crippen molar-refractivity contribution in [3.8, 4) is 11.5 Å². The molecule has 10 nitrogen and oxygen atoms in total. The van der Waals surface area contributed by atoms with Crippen LogP contribution in [0.25, 0.3) is 0 Å². The number of fused-ring (bicyclic) bond motifs is 1. The first-order valence-corrected chi connectivity index (χ1v) is 9.54. The molecule has 1 heterocycles. The van der Waals surface area contributed by atoms with Crippen LogP contribution in [-0.4, -0.2) is 70.4 Å². The summed E-state index contributed by atoms with van der Waals surface area (Å²) in [6.07, 6.45) is 2.92. The number of guanidine groups is 1. The summed E-state index contributed by atoms with van der Waals surface area (Å²) in [5.74, 6) is 2.60. The molecular weight excluding hydrogens is 398 g/mol. The number of rotatable bonds is 5. The van der Waals surface area contributed by atoms with Crippen molar-refractivity contribution < 1.29 is 14.2 Å². The first-order valence-electron chi connectivity index (χ1n) is 9.54. The Morgan fingerprint density at radius 2 is 1.74 bits per heavy atom. The number of ether oxygens (including phenoxy) is 3. The molecule has 0 radical (unpaired) electrons. The first-order chi connectivity index (χ1) is 14.7. The zero-order valence-corrected chi connectivity index (χ0v) is 20.0. The number of nitrogens with zero attached hydrogens (tertiary/aromatic N) is 2. The van der Waals surface area contributed by atoms with E-state index in [4.69, 9.17) is 36.2 Å². The fourth-order valence-corrected chi connectivity index (χ4v) is 1.78. The molecule has 10 heteroatoms. The van der Waals surface area contributed by atoms with Gasteiger partial charge in [0, 0.05) is 13.6 Å². The molecule has 0 saturated heterocycles. The quantitative estimate of drug-likeness (QED) is 0.268. The Kier molecular flexibility index (Phi) is 22.7. The Bertz CT molecular complexity index is 637. The average Bonchev–Trinajstić information content (AvgIpc) is 3.24. The van der Waals surface area contributed by atoms with Gasteiger partial charge in [0.2, 0.25) is 6.79 Å². The maximum Gasteiger partial charge on any atom is 0.231 e. The van der Waals surface area contributed by atoms with Gasteiger partial charge in [0.25, 0.3) is 0 Å². The van der Waals surface area contributed by atoms with Crippen LogP contribution in [0.3, 0.4) is 0 Å². The van der Waals surface area contributed by atoms with Crippen LogP contribution in [0, 0.1) is 16.2 Å². The van der Waals surface area contributed by atoms with Crippen molar-refractivity contribution in [1.29, 1.82) is 16.2 Å². The van der Waals surface area contributed by atoms with Crippen molar-refractivity contribution in [2.75, 3.05) is 41.6 Å². The van der Waals surface area contributed by atoms with Gasteiger partial charge >= 0.3 is 0 Å². The lowest BCUT2D eigenvalue weighted by molar-refractivity contribution is 0.174. The van der Waals surface area contributed by atoms with E-state index >= 15 is 0 Å². The summed E-state index contributed by atoms with van der Waals surface area (Å²) in [5.41, 5.74) is 10.6. The Morgan fingerprint density at radius 1 is 1.19 bits per heavy atom. The zero-order valence-electron chi connectivity index (χ0n) is 20.0. The van der Waals surface area contributed by atoms with Crippen molar-refractivity contribution in [1.82, 2.24) is 9.80 Å². The third-order valence-electron chi connectivity index (χ3n) is 3.29. The van der Waals surface area contributed by atoms with Gasteiger partial charge < -0.3 is 40.9 Å². The SMILES string of the molecule is C/C=C(\C)OCC.C=N.CN.CN(C)Cc1ccc2c(c1)OCO2.CN(C=N)C(=N)N. The standard InChI is InChI=1S/C10H13NO2.C6H12O.C3H8N4.CH5N.CH3N/c1-11(2)6-8-3-4-9-10(5-8)13-7-12-9;1-4-6(3)7-5-2;1-7(2-4)3(5)6;2*1-2/h3-5H,6-7H2,1-2H3;4H,5H2,1-3H3;2,4H,1H3,(H3,5,6);2H2,1H3;2H,1H2/b;6-4+;;;. The van der Waals surface area contributed by atoms with Crippen LogP contribution in [0.2, 0.25) is 0 Å². The van der Waals surface area contributed by atoms with E-state index in [2.05, 4.69) is 23.4 Å². The van der Waals surface area contributed by atoms with Crippen molar-refractivity contribution in [2.24, 2.45) is 11.5 Å². The van der Waals surface area contributed by atoms with Crippen molar-refractivity contribution in [3.63, 3.8) is 0 Å². The summed E-state index contributed by atoms with van der Waals surface area (Å²) in [6.45, 7) is 10.4. The lowest BCUT2D eigenvalue weighted by Crippen LogP contribution is -2.30. The number of allylic oxidation sites excluding steroid dienone is 2. The van der Waals surface area contributed by atoms with Gasteiger partial charge in [0.05, 0.1) is 18.7 Å². The fourth-order valence-electron chi connectivity index (χ4n) is 1.78. The van der Waals surface area contributed by atoms with Crippen molar-refractivity contribution >= 4 is 19.0 Å². The average molecular weight is 440 g/mol. The molecular formula is C21H41N7O3. The van der Waals surface area contributed by atoms with Crippen LogP contribution in [0.5, 0.6) is 11.5 Å². The molecule has 0 unspecified atom stereocenters. The van der Waals surface area contributed by atoms with E-state index in [1.165, 1.54) is 24.6 Å². The predicted octanol–water partition coefficient (Wildman–Crippen LogP) is 2.68. The molecule has 31 heavy (non-hydrogen) atoms. The maximum absolute atomic E-state index is 6.65. The number of hydrogen-bond acceptors (Lipinski definition) is 8. The molecule has 0 aromatic heterocycles. The van der Waals surface area contributed by atoms with Gasteiger partial charge in [-0.25, -0.2) is 0 Å². The topological polar surface area (TPSA) is 158 Å². The minimum Gasteiger partial charge on any atom is -0.499 e. The largest absolute Gasteiger partial charge is 0.499 e. The first kappa shape index (κ1) is 32.6. The molecule has 1 aromatic rings.